The van der Waals surface area contributed by atoms with Gasteiger partial charge in [0, 0.05) is 23.8 Å². The lowest BCUT2D eigenvalue weighted by molar-refractivity contribution is 0.0846. The molecule has 0 spiro atoms. The topological polar surface area (TPSA) is 32.7 Å². The van der Waals surface area contributed by atoms with Crippen molar-refractivity contribution in [1.82, 2.24) is 0 Å². The molecule has 0 amide bonds. The van der Waals surface area contributed by atoms with Crippen LogP contribution in [0.5, 0.6) is 0 Å². The molecule has 0 bridgehead atoms. The molecule has 0 unspecified atom stereocenters. The first-order chi connectivity index (χ1) is 8.41. The molecule has 102 valence electrons. The molecule has 0 heterocycles. The third-order valence-electron chi connectivity index (χ3n) is 2.75. The van der Waals surface area contributed by atoms with E-state index in [1.807, 2.05) is 39.1 Å². The van der Waals surface area contributed by atoms with Gasteiger partial charge in [-0.25, -0.2) is 0 Å². The Labute approximate surface area is 118 Å². The van der Waals surface area contributed by atoms with Crippen LogP contribution in [0.15, 0.2) is 22.7 Å². The number of anilines is 1. The second-order valence-electron chi connectivity index (χ2n) is 4.72. The van der Waals surface area contributed by atoms with Gasteiger partial charge in [0.25, 0.3) is 0 Å². The Morgan fingerprint density at radius 2 is 2.00 bits per heavy atom. The maximum absolute atomic E-state index is 9.57. The summed E-state index contributed by atoms with van der Waals surface area (Å²) in [6.07, 6.45) is -0.189. The van der Waals surface area contributed by atoms with Crippen molar-refractivity contribution >= 4 is 21.6 Å². The van der Waals surface area contributed by atoms with E-state index in [9.17, 15) is 5.11 Å². The fraction of sp³-hybridized carbons (Fsp3) is 0.571. The first kappa shape index (κ1) is 15.5. The van der Waals surface area contributed by atoms with Crippen LogP contribution >= 0.6 is 15.9 Å². The van der Waals surface area contributed by atoms with Gasteiger partial charge < -0.3 is 14.7 Å². The van der Waals surface area contributed by atoms with Crippen LogP contribution in [0, 0.1) is 0 Å². The van der Waals surface area contributed by atoms with E-state index in [-0.39, 0.29) is 6.10 Å². The van der Waals surface area contributed by atoms with Crippen LogP contribution in [0.4, 0.5) is 5.69 Å². The number of likely N-dealkylation sites (N-methyl/N-ethyl adjacent to an activating group) is 1. The predicted molar refractivity (Wildman–Crippen MR) is 79.1 cm³/mol. The number of nitrogens with zero attached hydrogens (tertiary/aromatic N) is 1. The molecule has 1 aromatic rings. The predicted octanol–water partition coefficient (Wildman–Crippen LogP) is 3.36. The maximum Gasteiger partial charge on any atom is 0.0772 e. The number of ether oxygens (including phenoxy) is 1. The highest BCUT2D eigenvalue weighted by atomic mass is 79.9. The molecule has 1 rings (SSSR count). The van der Waals surface area contributed by atoms with E-state index in [4.69, 9.17) is 4.74 Å². The molecule has 0 aliphatic heterocycles. The molecule has 0 radical (unpaired) electrons. The molecule has 3 nitrogen and oxygen atoms in total. The Hall–Kier alpha value is -0.580. The van der Waals surface area contributed by atoms with Gasteiger partial charge in [0.15, 0.2) is 0 Å². The molecule has 18 heavy (non-hydrogen) atoms. The zero-order valence-electron chi connectivity index (χ0n) is 11.5. The van der Waals surface area contributed by atoms with E-state index < -0.39 is 6.10 Å². The molecular formula is C14H22BrNO2. The van der Waals surface area contributed by atoms with Gasteiger partial charge >= 0.3 is 0 Å². The van der Waals surface area contributed by atoms with Crippen molar-refractivity contribution in [2.45, 2.75) is 33.0 Å². The summed E-state index contributed by atoms with van der Waals surface area (Å²) < 4.78 is 6.47. The molecule has 1 N–H and O–H groups in total. The highest BCUT2D eigenvalue weighted by molar-refractivity contribution is 9.10. The maximum atomic E-state index is 9.57. The first-order valence-electron chi connectivity index (χ1n) is 6.22. The summed E-state index contributed by atoms with van der Waals surface area (Å²) in [5.41, 5.74) is 2.02. The van der Waals surface area contributed by atoms with Crippen LogP contribution in [-0.2, 0) is 4.74 Å². The van der Waals surface area contributed by atoms with Crippen molar-refractivity contribution in [2.75, 3.05) is 25.1 Å². The largest absolute Gasteiger partial charge is 0.389 e. The number of rotatable bonds is 6. The van der Waals surface area contributed by atoms with E-state index in [0.717, 1.165) is 22.3 Å². The highest BCUT2D eigenvalue weighted by Gasteiger charge is 2.08. The number of aliphatic hydroxyl groups excluding tert-OH is 1. The fourth-order valence-electron chi connectivity index (χ4n) is 1.65. The van der Waals surface area contributed by atoms with Crippen molar-refractivity contribution < 1.29 is 9.84 Å². The van der Waals surface area contributed by atoms with Crippen molar-refractivity contribution in [3.05, 3.63) is 28.2 Å². The number of halogens is 1. The van der Waals surface area contributed by atoms with Crippen molar-refractivity contribution in [3.8, 4) is 0 Å². The molecule has 0 fully saturated rings. The lowest BCUT2D eigenvalue weighted by atomic mass is 10.1. The molecule has 0 aromatic heterocycles. The van der Waals surface area contributed by atoms with Crippen LogP contribution in [0.25, 0.3) is 0 Å². The van der Waals surface area contributed by atoms with E-state index in [1.165, 1.54) is 0 Å². The van der Waals surface area contributed by atoms with Gasteiger partial charge in [-0.2, -0.15) is 0 Å². The second kappa shape index (κ2) is 7.12. The summed E-state index contributed by atoms with van der Waals surface area (Å²) in [6.45, 7) is 7.39. The summed E-state index contributed by atoms with van der Waals surface area (Å²) >= 11 is 3.49. The lowest BCUT2D eigenvalue weighted by Gasteiger charge is -2.21. The average Bonchev–Trinajstić information content (AvgIpc) is 2.27. The second-order valence-corrected chi connectivity index (χ2v) is 5.58. The zero-order chi connectivity index (χ0) is 13.7. The molecule has 0 aliphatic rings. The number of hydrogen-bond acceptors (Lipinski definition) is 3. The Kier molecular flexibility index (Phi) is 6.12. The zero-order valence-corrected chi connectivity index (χ0v) is 13.1. The molecule has 0 saturated carbocycles. The van der Waals surface area contributed by atoms with Gasteiger partial charge in [0.2, 0.25) is 0 Å². The Morgan fingerprint density at radius 3 is 2.50 bits per heavy atom. The van der Waals surface area contributed by atoms with Crippen molar-refractivity contribution in [2.24, 2.45) is 0 Å². The van der Waals surface area contributed by atoms with Crippen LogP contribution in [0.2, 0.25) is 0 Å². The Balaban J connectivity index is 2.63. The third-order valence-corrected chi connectivity index (χ3v) is 3.44. The minimum Gasteiger partial charge on any atom is -0.389 e. The first-order valence-corrected chi connectivity index (χ1v) is 7.01. The highest BCUT2D eigenvalue weighted by Crippen LogP contribution is 2.27. The van der Waals surface area contributed by atoms with E-state index >= 15 is 0 Å². The minimum atomic E-state index is -0.456. The van der Waals surface area contributed by atoms with E-state index in [2.05, 4.69) is 20.8 Å². The SMILES string of the molecule is CC(C)OCCN(C)c1ccc([C@@H](C)O)c(Br)c1. The summed E-state index contributed by atoms with van der Waals surface area (Å²) in [7, 11) is 2.04. The lowest BCUT2D eigenvalue weighted by Crippen LogP contribution is -2.23. The Morgan fingerprint density at radius 1 is 1.33 bits per heavy atom. The monoisotopic (exact) mass is 315 g/mol. The fourth-order valence-corrected chi connectivity index (χ4v) is 2.34. The van der Waals surface area contributed by atoms with Gasteiger partial charge in [0.05, 0.1) is 18.8 Å². The summed E-state index contributed by atoms with van der Waals surface area (Å²) in [5, 5.41) is 9.57. The minimum absolute atomic E-state index is 0.266. The van der Waals surface area contributed by atoms with Crippen LogP contribution in [-0.4, -0.2) is 31.4 Å². The standard InChI is InChI=1S/C14H22BrNO2/c1-10(2)18-8-7-16(4)12-5-6-13(11(3)17)14(15)9-12/h5-6,9-11,17H,7-8H2,1-4H3/t11-/m1/s1. The van der Waals surface area contributed by atoms with Crippen LogP contribution < -0.4 is 4.90 Å². The number of benzene rings is 1. The van der Waals surface area contributed by atoms with Crippen LogP contribution in [0.1, 0.15) is 32.4 Å². The van der Waals surface area contributed by atoms with E-state index in [1.54, 1.807) is 6.92 Å². The van der Waals surface area contributed by atoms with Gasteiger partial charge in [-0.3, -0.25) is 0 Å². The van der Waals surface area contributed by atoms with Gasteiger partial charge in [-0.15, -0.1) is 0 Å². The molecule has 1 aromatic carbocycles. The summed E-state index contributed by atoms with van der Waals surface area (Å²) in [5.74, 6) is 0. The normalized spacial score (nSPS) is 12.8. The molecule has 0 saturated heterocycles. The van der Waals surface area contributed by atoms with Gasteiger partial charge in [0.1, 0.15) is 0 Å². The average molecular weight is 316 g/mol. The third kappa shape index (κ3) is 4.59. The van der Waals surface area contributed by atoms with Crippen molar-refractivity contribution in [3.63, 3.8) is 0 Å². The number of hydrogen-bond donors (Lipinski definition) is 1. The molecular weight excluding hydrogens is 294 g/mol. The van der Waals surface area contributed by atoms with Gasteiger partial charge in [-0.05, 0) is 38.5 Å². The number of aliphatic hydroxyl groups is 1. The molecule has 0 aliphatic carbocycles. The van der Waals surface area contributed by atoms with Crippen LogP contribution in [0.3, 0.4) is 0 Å². The quantitative estimate of drug-likeness (QED) is 0.873. The summed E-state index contributed by atoms with van der Waals surface area (Å²) in [6, 6.07) is 5.99. The van der Waals surface area contributed by atoms with Crippen molar-refractivity contribution in [1.29, 1.82) is 0 Å². The van der Waals surface area contributed by atoms with E-state index in [0.29, 0.717) is 6.61 Å². The molecule has 1 atom stereocenters. The Bertz CT molecular complexity index is 380. The smallest absolute Gasteiger partial charge is 0.0772 e. The van der Waals surface area contributed by atoms with Gasteiger partial charge in [-0.1, -0.05) is 22.0 Å². The molecule has 4 heteroatoms. The summed E-state index contributed by atoms with van der Waals surface area (Å²) in [4.78, 5) is 2.14.